The van der Waals surface area contributed by atoms with Crippen molar-refractivity contribution in [3.63, 3.8) is 0 Å². The molecule has 0 aliphatic rings. The van der Waals surface area contributed by atoms with E-state index in [1.807, 2.05) is 0 Å². The molecule has 0 aliphatic heterocycles. The number of nitrogens with one attached hydrogen (secondary N) is 1. The van der Waals surface area contributed by atoms with Crippen molar-refractivity contribution in [1.82, 2.24) is 5.32 Å². The third-order valence-corrected chi connectivity index (χ3v) is 2.25. The van der Waals surface area contributed by atoms with Crippen LogP contribution in [0.15, 0.2) is 0 Å². The number of esters is 1. The summed E-state index contributed by atoms with van der Waals surface area (Å²) in [6, 6.07) is 0. The molecule has 0 aliphatic carbocycles. The number of carbonyl (C=O) groups excluding carboxylic acids is 2. The van der Waals surface area contributed by atoms with Gasteiger partial charge in [0.2, 0.25) is 5.91 Å². The summed E-state index contributed by atoms with van der Waals surface area (Å²) in [5, 5.41) is 29.1. The SMILES string of the molecule is CC(C)(CO)[C@@H](O)C(=O)NCCC(=O)OCO. The molecule has 7 nitrogen and oxygen atoms in total. The van der Waals surface area contributed by atoms with Crippen LogP contribution < -0.4 is 5.32 Å². The molecule has 0 rings (SSSR count). The van der Waals surface area contributed by atoms with Gasteiger partial charge in [0.15, 0.2) is 6.79 Å². The van der Waals surface area contributed by atoms with E-state index >= 15 is 0 Å². The second-order valence-corrected chi connectivity index (χ2v) is 4.24. The second kappa shape index (κ2) is 7.21. The molecule has 4 N–H and O–H groups in total. The number of rotatable bonds is 7. The fraction of sp³-hybridized carbons (Fsp3) is 0.800. The van der Waals surface area contributed by atoms with Crippen molar-refractivity contribution in [2.24, 2.45) is 5.41 Å². The molecule has 100 valence electrons. The second-order valence-electron chi connectivity index (χ2n) is 4.24. The number of hydrogen-bond donors (Lipinski definition) is 4. The van der Waals surface area contributed by atoms with Gasteiger partial charge in [0, 0.05) is 12.0 Å². The van der Waals surface area contributed by atoms with E-state index in [2.05, 4.69) is 10.1 Å². The summed E-state index contributed by atoms with van der Waals surface area (Å²) in [5.41, 5.74) is -0.949. The van der Waals surface area contributed by atoms with Crippen molar-refractivity contribution in [3.05, 3.63) is 0 Å². The highest BCUT2D eigenvalue weighted by atomic mass is 16.6. The lowest BCUT2D eigenvalue weighted by Gasteiger charge is -2.27. The van der Waals surface area contributed by atoms with Gasteiger partial charge in [-0.05, 0) is 0 Å². The molecule has 0 bridgehead atoms. The molecule has 0 unspecified atom stereocenters. The average molecular weight is 249 g/mol. The van der Waals surface area contributed by atoms with E-state index in [0.29, 0.717) is 0 Å². The van der Waals surface area contributed by atoms with Crippen LogP contribution in [0.2, 0.25) is 0 Å². The summed E-state index contributed by atoms with van der Waals surface area (Å²) in [7, 11) is 0. The van der Waals surface area contributed by atoms with Crippen LogP contribution in [-0.4, -0.2) is 53.2 Å². The number of amides is 1. The van der Waals surface area contributed by atoms with Crippen LogP contribution in [-0.2, 0) is 14.3 Å². The predicted molar refractivity (Wildman–Crippen MR) is 57.7 cm³/mol. The van der Waals surface area contributed by atoms with Crippen molar-refractivity contribution in [3.8, 4) is 0 Å². The van der Waals surface area contributed by atoms with E-state index in [1.165, 1.54) is 13.8 Å². The smallest absolute Gasteiger partial charge is 0.309 e. The van der Waals surface area contributed by atoms with Gasteiger partial charge in [-0.3, -0.25) is 9.59 Å². The minimum Gasteiger partial charge on any atom is -0.439 e. The van der Waals surface area contributed by atoms with Crippen LogP contribution in [0.3, 0.4) is 0 Å². The predicted octanol–water partition coefficient (Wildman–Crippen LogP) is -1.63. The van der Waals surface area contributed by atoms with E-state index in [4.69, 9.17) is 10.2 Å². The Morgan fingerprint density at radius 2 is 1.94 bits per heavy atom. The van der Waals surface area contributed by atoms with Crippen molar-refractivity contribution in [2.75, 3.05) is 19.9 Å². The van der Waals surface area contributed by atoms with Gasteiger partial charge in [0.05, 0.1) is 13.0 Å². The van der Waals surface area contributed by atoms with Crippen molar-refractivity contribution in [2.45, 2.75) is 26.4 Å². The number of carbonyl (C=O) groups is 2. The van der Waals surface area contributed by atoms with Crippen LogP contribution in [0, 0.1) is 5.41 Å². The summed E-state index contributed by atoms with van der Waals surface area (Å²) in [6.07, 6.45) is -1.46. The standard InChI is InChI=1S/C10H19NO6/c1-10(2,5-12)8(15)9(16)11-4-3-7(14)17-6-13/h8,12-13,15H,3-6H2,1-2H3,(H,11,16)/t8-/m0/s1. The molecule has 7 heteroatoms. The van der Waals surface area contributed by atoms with Gasteiger partial charge < -0.3 is 25.4 Å². The van der Waals surface area contributed by atoms with Crippen LogP contribution in [0.25, 0.3) is 0 Å². The number of hydrogen-bond acceptors (Lipinski definition) is 6. The normalized spacial score (nSPS) is 13.0. The van der Waals surface area contributed by atoms with Crippen molar-refractivity contribution in [1.29, 1.82) is 0 Å². The van der Waals surface area contributed by atoms with Gasteiger partial charge in [0.25, 0.3) is 0 Å². The first kappa shape index (κ1) is 15.8. The topological polar surface area (TPSA) is 116 Å². The maximum absolute atomic E-state index is 11.4. The Morgan fingerprint density at radius 3 is 2.41 bits per heavy atom. The molecule has 0 saturated heterocycles. The first-order valence-electron chi connectivity index (χ1n) is 5.18. The van der Waals surface area contributed by atoms with Crippen LogP contribution in [0.1, 0.15) is 20.3 Å². The highest BCUT2D eigenvalue weighted by molar-refractivity contribution is 5.81. The first-order valence-corrected chi connectivity index (χ1v) is 5.18. The summed E-state index contributed by atoms with van der Waals surface area (Å²) < 4.78 is 4.24. The zero-order valence-electron chi connectivity index (χ0n) is 9.97. The largest absolute Gasteiger partial charge is 0.439 e. The Labute approximate surface area is 99.4 Å². The Balaban J connectivity index is 3.99. The van der Waals surface area contributed by atoms with Gasteiger partial charge in [-0.15, -0.1) is 0 Å². The minimum absolute atomic E-state index is 0.00373. The van der Waals surface area contributed by atoms with E-state index in [9.17, 15) is 14.7 Å². The summed E-state index contributed by atoms with van der Waals surface area (Å²) in [5.74, 6) is -1.32. The molecule has 0 radical (unpaired) electrons. The maximum atomic E-state index is 11.4. The van der Waals surface area contributed by atoms with Gasteiger partial charge in [-0.25, -0.2) is 0 Å². The molecule has 1 atom stereocenters. The summed E-state index contributed by atoms with van der Waals surface area (Å²) in [4.78, 5) is 22.2. The van der Waals surface area contributed by atoms with Gasteiger partial charge >= 0.3 is 5.97 Å². The van der Waals surface area contributed by atoms with E-state index in [-0.39, 0.29) is 19.6 Å². The Bertz CT molecular complexity index is 266. The number of ether oxygens (including phenoxy) is 1. The van der Waals surface area contributed by atoms with Crippen molar-refractivity contribution < 1.29 is 29.6 Å². The lowest BCUT2D eigenvalue weighted by atomic mass is 9.87. The summed E-state index contributed by atoms with van der Waals surface area (Å²) >= 11 is 0. The minimum atomic E-state index is -1.36. The third-order valence-electron chi connectivity index (χ3n) is 2.25. The van der Waals surface area contributed by atoms with Gasteiger partial charge in [0.1, 0.15) is 6.10 Å². The lowest BCUT2D eigenvalue weighted by Crippen LogP contribution is -2.46. The molecule has 0 spiro atoms. The monoisotopic (exact) mass is 249 g/mol. The highest BCUT2D eigenvalue weighted by Crippen LogP contribution is 2.19. The molecule has 0 fully saturated rings. The first-order chi connectivity index (χ1) is 7.85. The maximum Gasteiger partial charge on any atom is 0.309 e. The van der Waals surface area contributed by atoms with Gasteiger partial charge in [-0.1, -0.05) is 13.8 Å². The number of aliphatic hydroxyl groups is 3. The van der Waals surface area contributed by atoms with Crippen molar-refractivity contribution >= 4 is 11.9 Å². The Kier molecular flexibility index (Phi) is 6.71. The fourth-order valence-corrected chi connectivity index (χ4v) is 0.970. The zero-order valence-corrected chi connectivity index (χ0v) is 9.97. The van der Waals surface area contributed by atoms with E-state index in [0.717, 1.165) is 0 Å². The van der Waals surface area contributed by atoms with Crippen LogP contribution >= 0.6 is 0 Å². The van der Waals surface area contributed by atoms with Gasteiger partial charge in [-0.2, -0.15) is 0 Å². The molecule has 0 aromatic carbocycles. The third kappa shape index (κ3) is 5.62. The Hall–Kier alpha value is -1.18. The highest BCUT2D eigenvalue weighted by Gasteiger charge is 2.32. The Morgan fingerprint density at radius 1 is 1.35 bits per heavy atom. The molecule has 0 aromatic heterocycles. The van der Waals surface area contributed by atoms with E-state index < -0.39 is 30.2 Å². The van der Waals surface area contributed by atoms with Crippen LogP contribution in [0.5, 0.6) is 0 Å². The quantitative estimate of drug-likeness (QED) is 0.318. The zero-order chi connectivity index (χ0) is 13.5. The molecule has 0 saturated carbocycles. The molecular weight excluding hydrogens is 230 g/mol. The van der Waals surface area contributed by atoms with Crippen LogP contribution in [0.4, 0.5) is 0 Å². The number of aliphatic hydroxyl groups excluding tert-OH is 3. The molecule has 0 heterocycles. The lowest BCUT2D eigenvalue weighted by molar-refractivity contribution is -0.151. The molecular formula is C10H19NO6. The molecule has 17 heavy (non-hydrogen) atoms. The average Bonchev–Trinajstić information content (AvgIpc) is 2.28. The molecule has 0 aromatic rings. The van der Waals surface area contributed by atoms with E-state index in [1.54, 1.807) is 0 Å². The summed E-state index contributed by atoms with van der Waals surface area (Å²) in [6.45, 7) is 2.03. The fourth-order valence-electron chi connectivity index (χ4n) is 0.970. The molecule has 1 amide bonds.